The fourth-order valence-corrected chi connectivity index (χ4v) is 1.17. The van der Waals surface area contributed by atoms with E-state index in [1.165, 1.54) is 5.56 Å². The van der Waals surface area contributed by atoms with Gasteiger partial charge in [-0.05, 0) is 25.5 Å². The largest absolute Gasteiger partial charge is 0.395 e. The van der Waals surface area contributed by atoms with Crippen molar-refractivity contribution in [3.05, 3.63) is 35.9 Å². The minimum absolute atomic E-state index is 0.198. The van der Waals surface area contributed by atoms with Crippen LogP contribution in [0.1, 0.15) is 12.5 Å². The van der Waals surface area contributed by atoms with Crippen molar-refractivity contribution in [3.8, 4) is 0 Å². The summed E-state index contributed by atoms with van der Waals surface area (Å²) in [4.78, 5) is 0. The molecule has 0 aliphatic rings. The van der Waals surface area contributed by atoms with E-state index in [0.29, 0.717) is 0 Å². The molecular weight excluding hydrogens is 162 g/mol. The smallest absolute Gasteiger partial charge is 0.0581 e. The number of aliphatic hydroxyl groups excluding tert-OH is 1. The van der Waals surface area contributed by atoms with Crippen molar-refractivity contribution < 1.29 is 5.11 Å². The van der Waals surface area contributed by atoms with E-state index in [2.05, 4.69) is 17.4 Å². The highest BCUT2D eigenvalue weighted by molar-refractivity contribution is 5.14. The first-order valence-corrected chi connectivity index (χ1v) is 4.71. The summed E-state index contributed by atoms with van der Waals surface area (Å²) in [6, 6.07) is 10.5. The zero-order chi connectivity index (χ0) is 9.52. The molecule has 0 radical (unpaired) electrons. The van der Waals surface area contributed by atoms with Crippen LogP contribution in [0.15, 0.2) is 30.3 Å². The van der Waals surface area contributed by atoms with Crippen LogP contribution < -0.4 is 5.32 Å². The average Bonchev–Trinajstić information content (AvgIpc) is 2.19. The van der Waals surface area contributed by atoms with Crippen LogP contribution in [0.2, 0.25) is 0 Å². The van der Waals surface area contributed by atoms with Crippen molar-refractivity contribution in [2.75, 3.05) is 13.2 Å². The second kappa shape index (κ2) is 5.73. The van der Waals surface area contributed by atoms with Crippen LogP contribution in [0.25, 0.3) is 0 Å². The molecule has 1 aromatic rings. The molecule has 1 rings (SSSR count). The van der Waals surface area contributed by atoms with E-state index in [9.17, 15) is 0 Å². The standard InChI is InChI=1S/C11H17NO/c1-10(9-13)12-8-7-11-5-3-2-4-6-11/h2-6,10,12-13H,7-9H2,1H3/t10-/m1/s1. The molecule has 0 saturated heterocycles. The van der Waals surface area contributed by atoms with Gasteiger partial charge in [-0.25, -0.2) is 0 Å². The molecule has 0 aromatic heterocycles. The fraction of sp³-hybridized carbons (Fsp3) is 0.455. The Labute approximate surface area is 79.6 Å². The first-order valence-electron chi connectivity index (χ1n) is 4.71. The van der Waals surface area contributed by atoms with Crippen LogP contribution in [0.3, 0.4) is 0 Å². The molecule has 1 atom stereocenters. The maximum absolute atomic E-state index is 8.77. The molecule has 0 heterocycles. The van der Waals surface area contributed by atoms with Gasteiger partial charge in [-0.15, -0.1) is 0 Å². The number of nitrogens with one attached hydrogen (secondary N) is 1. The third-order valence-electron chi connectivity index (χ3n) is 2.02. The van der Waals surface area contributed by atoms with E-state index < -0.39 is 0 Å². The molecular formula is C11H17NO. The molecule has 0 aliphatic heterocycles. The Morgan fingerprint density at radius 2 is 2.00 bits per heavy atom. The Bertz CT molecular complexity index is 223. The van der Waals surface area contributed by atoms with Crippen LogP contribution in [0, 0.1) is 0 Å². The van der Waals surface area contributed by atoms with Crippen molar-refractivity contribution in [3.63, 3.8) is 0 Å². The highest BCUT2D eigenvalue weighted by Gasteiger charge is 1.97. The highest BCUT2D eigenvalue weighted by atomic mass is 16.3. The van der Waals surface area contributed by atoms with Crippen molar-refractivity contribution in [1.29, 1.82) is 0 Å². The van der Waals surface area contributed by atoms with E-state index in [1.54, 1.807) is 0 Å². The number of rotatable bonds is 5. The quantitative estimate of drug-likeness (QED) is 0.712. The van der Waals surface area contributed by atoms with E-state index in [1.807, 2.05) is 25.1 Å². The summed E-state index contributed by atoms with van der Waals surface area (Å²) in [7, 11) is 0. The van der Waals surface area contributed by atoms with Gasteiger partial charge >= 0.3 is 0 Å². The molecule has 0 saturated carbocycles. The Morgan fingerprint density at radius 3 is 2.62 bits per heavy atom. The summed E-state index contributed by atoms with van der Waals surface area (Å²) in [5.74, 6) is 0. The molecule has 0 bridgehead atoms. The van der Waals surface area contributed by atoms with Crippen molar-refractivity contribution in [2.45, 2.75) is 19.4 Å². The molecule has 1 aromatic carbocycles. The summed E-state index contributed by atoms with van der Waals surface area (Å²) in [6.07, 6.45) is 1.02. The zero-order valence-electron chi connectivity index (χ0n) is 8.03. The summed E-state index contributed by atoms with van der Waals surface area (Å²) < 4.78 is 0. The molecule has 0 aliphatic carbocycles. The normalized spacial score (nSPS) is 12.8. The van der Waals surface area contributed by atoms with Gasteiger partial charge < -0.3 is 10.4 Å². The number of benzene rings is 1. The van der Waals surface area contributed by atoms with Crippen LogP contribution >= 0.6 is 0 Å². The molecule has 2 heteroatoms. The topological polar surface area (TPSA) is 32.3 Å². The molecule has 0 unspecified atom stereocenters. The maximum atomic E-state index is 8.77. The Hall–Kier alpha value is -0.860. The van der Waals surface area contributed by atoms with Crippen LogP contribution in [0.5, 0.6) is 0 Å². The van der Waals surface area contributed by atoms with Gasteiger partial charge in [-0.1, -0.05) is 30.3 Å². The molecule has 0 amide bonds. The lowest BCUT2D eigenvalue weighted by molar-refractivity contribution is 0.252. The van der Waals surface area contributed by atoms with E-state index >= 15 is 0 Å². The van der Waals surface area contributed by atoms with Gasteiger partial charge in [0, 0.05) is 6.04 Å². The lowest BCUT2D eigenvalue weighted by Gasteiger charge is -2.09. The molecule has 72 valence electrons. The predicted molar refractivity (Wildman–Crippen MR) is 54.7 cm³/mol. The number of hydrogen-bond donors (Lipinski definition) is 2. The summed E-state index contributed by atoms with van der Waals surface area (Å²) >= 11 is 0. The summed E-state index contributed by atoms with van der Waals surface area (Å²) in [5.41, 5.74) is 1.33. The van der Waals surface area contributed by atoms with E-state index in [4.69, 9.17) is 5.11 Å². The predicted octanol–water partition coefficient (Wildman–Crippen LogP) is 1.20. The number of aliphatic hydroxyl groups is 1. The first kappa shape index (κ1) is 10.2. The first-order chi connectivity index (χ1) is 6.33. The van der Waals surface area contributed by atoms with Crippen LogP contribution in [0.4, 0.5) is 0 Å². The van der Waals surface area contributed by atoms with Gasteiger partial charge in [0.2, 0.25) is 0 Å². The maximum Gasteiger partial charge on any atom is 0.0581 e. The van der Waals surface area contributed by atoms with Gasteiger partial charge in [-0.3, -0.25) is 0 Å². The van der Waals surface area contributed by atoms with Gasteiger partial charge in [0.15, 0.2) is 0 Å². The van der Waals surface area contributed by atoms with Crippen molar-refractivity contribution in [1.82, 2.24) is 5.32 Å². The second-order valence-corrected chi connectivity index (χ2v) is 3.27. The van der Waals surface area contributed by atoms with Crippen LogP contribution in [-0.4, -0.2) is 24.3 Å². The number of hydrogen-bond acceptors (Lipinski definition) is 2. The summed E-state index contributed by atoms with van der Waals surface area (Å²) in [6.45, 7) is 3.10. The van der Waals surface area contributed by atoms with E-state index in [-0.39, 0.29) is 12.6 Å². The minimum Gasteiger partial charge on any atom is -0.395 e. The Morgan fingerprint density at radius 1 is 1.31 bits per heavy atom. The van der Waals surface area contributed by atoms with Crippen molar-refractivity contribution >= 4 is 0 Å². The third kappa shape index (κ3) is 4.06. The van der Waals surface area contributed by atoms with Gasteiger partial charge in [0.1, 0.15) is 0 Å². The Balaban J connectivity index is 2.20. The van der Waals surface area contributed by atoms with Gasteiger partial charge in [-0.2, -0.15) is 0 Å². The molecule has 13 heavy (non-hydrogen) atoms. The lowest BCUT2D eigenvalue weighted by Crippen LogP contribution is -2.30. The van der Waals surface area contributed by atoms with Gasteiger partial charge in [0.25, 0.3) is 0 Å². The molecule has 2 N–H and O–H groups in total. The zero-order valence-corrected chi connectivity index (χ0v) is 8.03. The third-order valence-corrected chi connectivity index (χ3v) is 2.02. The SMILES string of the molecule is C[C@H](CO)NCCc1ccccc1. The fourth-order valence-electron chi connectivity index (χ4n) is 1.17. The minimum atomic E-state index is 0.198. The average molecular weight is 179 g/mol. The molecule has 0 spiro atoms. The summed E-state index contributed by atoms with van der Waals surface area (Å²) in [5, 5.41) is 12.0. The lowest BCUT2D eigenvalue weighted by atomic mass is 10.1. The molecule has 2 nitrogen and oxygen atoms in total. The second-order valence-electron chi connectivity index (χ2n) is 3.27. The Kier molecular flexibility index (Phi) is 4.50. The van der Waals surface area contributed by atoms with E-state index in [0.717, 1.165) is 13.0 Å². The highest BCUT2D eigenvalue weighted by Crippen LogP contribution is 1.98. The monoisotopic (exact) mass is 179 g/mol. The van der Waals surface area contributed by atoms with Gasteiger partial charge in [0.05, 0.1) is 6.61 Å². The van der Waals surface area contributed by atoms with Crippen molar-refractivity contribution in [2.24, 2.45) is 0 Å². The van der Waals surface area contributed by atoms with Crippen LogP contribution in [-0.2, 0) is 6.42 Å². The molecule has 0 fully saturated rings.